The summed E-state index contributed by atoms with van der Waals surface area (Å²) in [5.74, 6) is 0. The Labute approximate surface area is 120 Å². The number of aromatic nitrogens is 1. The molecule has 0 unspecified atom stereocenters. The molecule has 2 aromatic heterocycles. The molecule has 0 aromatic carbocycles. The highest BCUT2D eigenvalue weighted by atomic mass is 32.1. The number of nitrogens with two attached hydrogens (primary N) is 1. The van der Waals surface area contributed by atoms with Crippen molar-refractivity contribution in [2.24, 2.45) is 10.8 Å². The van der Waals surface area contributed by atoms with E-state index in [1.165, 1.54) is 0 Å². The largest absolute Gasteiger partial charge is 0.375 e. The molecule has 1 atom stereocenters. The van der Waals surface area contributed by atoms with Crippen molar-refractivity contribution < 1.29 is 0 Å². The molecular weight excluding hydrogens is 276 g/mol. The highest BCUT2D eigenvalue weighted by Crippen LogP contribution is 2.32. The summed E-state index contributed by atoms with van der Waals surface area (Å²) in [6, 6.07) is 8.06. The average Bonchev–Trinajstić information content (AvgIpc) is 3.08. The van der Waals surface area contributed by atoms with Crippen LogP contribution in [-0.4, -0.2) is 20.8 Å². The van der Waals surface area contributed by atoms with E-state index in [2.05, 4.69) is 16.2 Å². The van der Waals surface area contributed by atoms with Gasteiger partial charge >= 0.3 is 0 Å². The van der Waals surface area contributed by atoms with Crippen molar-refractivity contribution in [3.8, 4) is 0 Å². The maximum Gasteiger partial charge on any atom is 0.187 e. The molecular formula is C13H12N4S2. The predicted molar refractivity (Wildman–Crippen MR) is 81.1 cm³/mol. The lowest BCUT2D eigenvalue weighted by Gasteiger charge is -2.21. The standard InChI is InChI=1S/C13H12N4S2/c14-13(18)17-11(9-3-1-5-15-8-9)7-10(16-17)12-4-2-6-19-12/h1-6,8,11H,7H2,(H2,14,18)/t11-/m0/s1. The molecule has 0 saturated carbocycles. The Balaban J connectivity index is 1.94. The molecule has 0 saturated heterocycles. The van der Waals surface area contributed by atoms with Gasteiger partial charge in [-0.25, -0.2) is 5.01 Å². The Morgan fingerprint density at radius 3 is 2.95 bits per heavy atom. The van der Waals surface area contributed by atoms with Crippen molar-refractivity contribution in [1.82, 2.24) is 9.99 Å². The second-order valence-corrected chi connectivity index (χ2v) is 5.58. The number of rotatable bonds is 2. The van der Waals surface area contributed by atoms with Crippen LogP contribution in [0.5, 0.6) is 0 Å². The van der Waals surface area contributed by atoms with Gasteiger partial charge in [0, 0.05) is 18.8 Å². The highest BCUT2D eigenvalue weighted by Gasteiger charge is 2.30. The Bertz CT molecular complexity index is 607. The first kappa shape index (κ1) is 12.3. The molecule has 3 rings (SSSR count). The summed E-state index contributed by atoms with van der Waals surface area (Å²) in [5.41, 5.74) is 7.87. The van der Waals surface area contributed by atoms with E-state index in [1.807, 2.05) is 29.8 Å². The number of pyridine rings is 1. The van der Waals surface area contributed by atoms with Crippen molar-refractivity contribution in [3.63, 3.8) is 0 Å². The first-order chi connectivity index (χ1) is 9.25. The summed E-state index contributed by atoms with van der Waals surface area (Å²) in [6.45, 7) is 0. The maximum absolute atomic E-state index is 5.77. The van der Waals surface area contributed by atoms with Crippen LogP contribution >= 0.6 is 23.6 Å². The summed E-state index contributed by atoms with van der Waals surface area (Å²) >= 11 is 6.77. The topological polar surface area (TPSA) is 54.5 Å². The predicted octanol–water partition coefficient (Wildman–Crippen LogP) is 2.54. The Hall–Kier alpha value is -1.79. The second kappa shape index (κ2) is 5.07. The van der Waals surface area contributed by atoms with E-state index < -0.39 is 0 Å². The van der Waals surface area contributed by atoms with Crippen LogP contribution in [0.25, 0.3) is 0 Å². The Kier molecular flexibility index (Phi) is 3.27. The monoisotopic (exact) mass is 288 g/mol. The van der Waals surface area contributed by atoms with Gasteiger partial charge in [0.25, 0.3) is 0 Å². The van der Waals surface area contributed by atoms with Gasteiger partial charge in [0.05, 0.1) is 16.6 Å². The number of hydrazone groups is 1. The van der Waals surface area contributed by atoms with Crippen molar-refractivity contribution in [2.75, 3.05) is 0 Å². The molecule has 96 valence electrons. The first-order valence-corrected chi connectivity index (χ1v) is 7.14. The van der Waals surface area contributed by atoms with Crippen LogP contribution in [0.15, 0.2) is 47.1 Å². The summed E-state index contributed by atoms with van der Waals surface area (Å²) < 4.78 is 0. The second-order valence-electron chi connectivity index (χ2n) is 4.21. The summed E-state index contributed by atoms with van der Waals surface area (Å²) in [6.07, 6.45) is 4.39. The molecule has 0 fully saturated rings. The van der Waals surface area contributed by atoms with Gasteiger partial charge in [-0.05, 0) is 35.3 Å². The normalized spacial score (nSPS) is 18.4. The van der Waals surface area contributed by atoms with Crippen molar-refractivity contribution in [3.05, 3.63) is 52.5 Å². The molecule has 4 nitrogen and oxygen atoms in total. The Morgan fingerprint density at radius 2 is 2.32 bits per heavy atom. The zero-order valence-electron chi connectivity index (χ0n) is 10.1. The van der Waals surface area contributed by atoms with E-state index in [1.54, 1.807) is 22.5 Å². The number of thiophene rings is 1. The van der Waals surface area contributed by atoms with Crippen molar-refractivity contribution >= 4 is 34.4 Å². The van der Waals surface area contributed by atoms with Crippen LogP contribution in [0.3, 0.4) is 0 Å². The van der Waals surface area contributed by atoms with Crippen LogP contribution in [0, 0.1) is 0 Å². The van der Waals surface area contributed by atoms with Gasteiger partial charge in [-0.1, -0.05) is 12.1 Å². The Morgan fingerprint density at radius 1 is 1.42 bits per heavy atom. The van der Waals surface area contributed by atoms with Gasteiger partial charge < -0.3 is 5.73 Å². The van der Waals surface area contributed by atoms with E-state index in [0.717, 1.165) is 22.6 Å². The zero-order chi connectivity index (χ0) is 13.2. The van der Waals surface area contributed by atoms with Crippen molar-refractivity contribution in [1.29, 1.82) is 0 Å². The molecule has 3 heterocycles. The molecule has 19 heavy (non-hydrogen) atoms. The van der Waals surface area contributed by atoms with Gasteiger partial charge in [0.15, 0.2) is 5.11 Å². The fraction of sp³-hybridized carbons (Fsp3) is 0.154. The fourth-order valence-electron chi connectivity index (χ4n) is 2.14. The molecule has 1 aliphatic rings. The number of hydrogen-bond acceptors (Lipinski definition) is 4. The maximum atomic E-state index is 5.77. The first-order valence-electron chi connectivity index (χ1n) is 5.85. The van der Waals surface area contributed by atoms with Crippen molar-refractivity contribution in [2.45, 2.75) is 12.5 Å². The van der Waals surface area contributed by atoms with Gasteiger partial charge in [-0.15, -0.1) is 11.3 Å². The summed E-state index contributed by atoms with van der Waals surface area (Å²) in [7, 11) is 0. The van der Waals surface area contributed by atoms with Crippen LogP contribution in [0.2, 0.25) is 0 Å². The number of thiocarbonyl (C=S) groups is 1. The van der Waals surface area contributed by atoms with Gasteiger partial charge in [0.1, 0.15) is 0 Å². The molecule has 0 amide bonds. The van der Waals surface area contributed by atoms with E-state index >= 15 is 0 Å². The van der Waals surface area contributed by atoms with Gasteiger partial charge in [0.2, 0.25) is 0 Å². The van der Waals surface area contributed by atoms with Crippen LogP contribution < -0.4 is 5.73 Å². The minimum absolute atomic E-state index is 0.0447. The highest BCUT2D eigenvalue weighted by molar-refractivity contribution is 7.80. The third kappa shape index (κ3) is 2.36. The molecule has 0 aliphatic carbocycles. The van der Waals surface area contributed by atoms with E-state index in [-0.39, 0.29) is 6.04 Å². The minimum Gasteiger partial charge on any atom is -0.375 e. The molecule has 2 aromatic rings. The lowest BCUT2D eigenvalue weighted by atomic mass is 10.0. The molecule has 0 bridgehead atoms. The van der Waals surface area contributed by atoms with E-state index in [4.69, 9.17) is 18.0 Å². The minimum atomic E-state index is 0.0447. The third-order valence-electron chi connectivity index (χ3n) is 3.01. The molecule has 0 spiro atoms. The van der Waals surface area contributed by atoms with Crippen LogP contribution in [0.4, 0.5) is 0 Å². The summed E-state index contributed by atoms with van der Waals surface area (Å²) in [4.78, 5) is 5.31. The fourth-order valence-corrected chi connectivity index (χ4v) is 3.03. The molecule has 0 radical (unpaired) electrons. The lowest BCUT2D eigenvalue weighted by Crippen LogP contribution is -2.31. The smallest absolute Gasteiger partial charge is 0.187 e. The number of nitrogens with zero attached hydrogens (tertiary/aromatic N) is 3. The average molecular weight is 288 g/mol. The molecule has 2 N–H and O–H groups in total. The number of hydrogen-bond donors (Lipinski definition) is 1. The zero-order valence-corrected chi connectivity index (χ0v) is 11.7. The molecule has 1 aliphatic heterocycles. The third-order valence-corrected chi connectivity index (χ3v) is 4.12. The SMILES string of the molecule is NC(=S)N1N=C(c2cccs2)C[C@H]1c1cccnc1. The van der Waals surface area contributed by atoms with Crippen LogP contribution in [-0.2, 0) is 0 Å². The van der Waals surface area contributed by atoms with Gasteiger partial charge in [-0.3, -0.25) is 4.98 Å². The van der Waals surface area contributed by atoms with Crippen LogP contribution in [0.1, 0.15) is 22.9 Å². The quantitative estimate of drug-likeness (QED) is 0.863. The van der Waals surface area contributed by atoms with E-state index in [0.29, 0.717) is 5.11 Å². The summed E-state index contributed by atoms with van der Waals surface area (Å²) in [5, 5.41) is 8.60. The lowest BCUT2D eigenvalue weighted by molar-refractivity contribution is 0.372. The van der Waals surface area contributed by atoms with Gasteiger partial charge in [-0.2, -0.15) is 5.10 Å². The molecule has 6 heteroatoms. The van der Waals surface area contributed by atoms with E-state index in [9.17, 15) is 0 Å².